The Morgan fingerprint density at radius 2 is 1.82 bits per heavy atom. The molecule has 3 rings (SSSR count). The highest BCUT2D eigenvalue weighted by Crippen LogP contribution is 2.36. The molecule has 22 heavy (non-hydrogen) atoms. The maximum absolute atomic E-state index is 6.12. The summed E-state index contributed by atoms with van der Waals surface area (Å²) in [6, 6.07) is 6.70. The van der Waals surface area contributed by atoms with Crippen LogP contribution in [0.25, 0.3) is 0 Å². The Kier molecular flexibility index (Phi) is 3.98. The molecule has 1 aromatic rings. The van der Waals surface area contributed by atoms with E-state index in [-0.39, 0.29) is 18.3 Å². The van der Waals surface area contributed by atoms with Gasteiger partial charge in [-0.05, 0) is 66.0 Å². The predicted octanol–water partition coefficient (Wildman–Crippen LogP) is 2.76. The fourth-order valence-corrected chi connectivity index (χ4v) is 3.13. The van der Waals surface area contributed by atoms with Gasteiger partial charge in [-0.2, -0.15) is 0 Å². The Balaban J connectivity index is 1.83. The molecule has 2 fully saturated rings. The maximum atomic E-state index is 6.12. The number of hydrogen-bond donors (Lipinski definition) is 0. The monoisotopic (exact) mass is 302 g/mol. The van der Waals surface area contributed by atoms with Gasteiger partial charge in [0, 0.05) is 12.6 Å². The van der Waals surface area contributed by atoms with Gasteiger partial charge >= 0.3 is 7.12 Å². The van der Waals surface area contributed by atoms with Crippen molar-refractivity contribution in [3.8, 4) is 0 Å². The van der Waals surface area contributed by atoms with E-state index in [4.69, 9.17) is 14.3 Å². The molecule has 4 nitrogen and oxygen atoms in total. The molecule has 2 saturated heterocycles. The number of aromatic nitrogens is 1. The molecule has 0 radical (unpaired) electrons. The first-order chi connectivity index (χ1) is 10.3. The molecular weight excluding hydrogens is 275 g/mol. The van der Waals surface area contributed by atoms with Crippen LogP contribution in [-0.4, -0.2) is 35.9 Å². The van der Waals surface area contributed by atoms with Crippen LogP contribution in [0.15, 0.2) is 18.2 Å². The van der Waals surface area contributed by atoms with E-state index in [2.05, 4.69) is 51.7 Å². The highest BCUT2D eigenvalue weighted by Gasteiger charge is 2.52. The highest BCUT2D eigenvalue weighted by atomic mass is 16.7. The van der Waals surface area contributed by atoms with Gasteiger partial charge in [-0.1, -0.05) is 6.07 Å². The molecule has 120 valence electrons. The van der Waals surface area contributed by atoms with E-state index in [1.807, 2.05) is 6.07 Å². The minimum Gasteiger partial charge on any atom is -0.398 e. The second-order valence-electron chi connectivity index (χ2n) is 7.55. The Labute approximate surface area is 134 Å². The third kappa shape index (κ3) is 2.76. The fourth-order valence-electron chi connectivity index (χ4n) is 3.13. The molecule has 2 aliphatic heterocycles. The molecule has 5 heteroatoms. The van der Waals surface area contributed by atoms with Gasteiger partial charge in [0.1, 0.15) is 5.82 Å². The Bertz CT molecular complexity index is 531. The van der Waals surface area contributed by atoms with Crippen LogP contribution in [0.1, 0.15) is 53.9 Å². The number of pyridine rings is 1. The molecule has 0 saturated carbocycles. The van der Waals surface area contributed by atoms with Crippen molar-refractivity contribution in [2.75, 3.05) is 11.4 Å². The number of piperidine rings is 1. The van der Waals surface area contributed by atoms with Crippen molar-refractivity contribution in [3.63, 3.8) is 0 Å². The molecular formula is C17H27BN2O2. The van der Waals surface area contributed by atoms with Crippen LogP contribution in [0, 0.1) is 0 Å². The fraction of sp³-hybridized carbons (Fsp3) is 0.706. The van der Waals surface area contributed by atoms with Gasteiger partial charge in [-0.25, -0.2) is 4.98 Å². The van der Waals surface area contributed by atoms with E-state index in [9.17, 15) is 0 Å². The van der Waals surface area contributed by atoms with Crippen molar-refractivity contribution in [1.82, 2.24) is 4.98 Å². The average molecular weight is 302 g/mol. The summed E-state index contributed by atoms with van der Waals surface area (Å²) in [5, 5.41) is 0. The quantitative estimate of drug-likeness (QED) is 0.787. The summed E-state index contributed by atoms with van der Waals surface area (Å²) in [6.45, 7) is 11.7. The first-order valence-corrected chi connectivity index (χ1v) is 8.39. The van der Waals surface area contributed by atoms with Crippen LogP contribution in [0.3, 0.4) is 0 Å². The van der Waals surface area contributed by atoms with E-state index < -0.39 is 0 Å². The number of nitrogens with zero attached hydrogens (tertiary/aromatic N) is 2. The van der Waals surface area contributed by atoms with Crippen molar-refractivity contribution in [3.05, 3.63) is 18.2 Å². The van der Waals surface area contributed by atoms with Crippen LogP contribution in [0.5, 0.6) is 0 Å². The van der Waals surface area contributed by atoms with E-state index in [1.54, 1.807) is 0 Å². The first-order valence-electron chi connectivity index (χ1n) is 8.39. The van der Waals surface area contributed by atoms with E-state index in [0.29, 0.717) is 6.04 Å². The summed E-state index contributed by atoms with van der Waals surface area (Å²) in [5.41, 5.74) is 0.218. The van der Waals surface area contributed by atoms with Crippen molar-refractivity contribution >= 4 is 18.5 Å². The summed E-state index contributed by atoms with van der Waals surface area (Å²) in [6.07, 6.45) is 3.80. The largest absolute Gasteiger partial charge is 0.514 e. The summed E-state index contributed by atoms with van der Waals surface area (Å²) in [7, 11) is -0.384. The summed E-state index contributed by atoms with van der Waals surface area (Å²) < 4.78 is 12.2. The first kappa shape index (κ1) is 15.8. The van der Waals surface area contributed by atoms with Gasteiger partial charge in [-0.3, -0.25) is 0 Å². The third-order valence-electron chi connectivity index (χ3n) is 5.35. The Hall–Kier alpha value is -1.07. The van der Waals surface area contributed by atoms with Crippen LogP contribution < -0.4 is 10.5 Å². The molecule has 1 atom stereocenters. The number of anilines is 1. The number of rotatable bonds is 2. The van der Waals surface area contributed by atoms with Crippen LogP contribution >= 0.6 is 0 Å². The SMILES string of the molecule is CC1CCCCN1c1cccc(B2OC(C)(C)C(C)(C)O2)n1. The molecule has 0 bridgehead atoms. The van der Waals surface area contributed by atoms with Crippen LogP contribution in [-0.2, 0) is 9.31 Å². The highest BCUT2D eigenvalue weighted by molar-refractivity contribution is 6.61. The minimum atomic E-state index is -0.384. The summed E-state index contributed by atoms with van der Waals surface area (Å²) in [5.74, 6) is 1.04. The molecule has 0 spiro atoms. The molecule has 3 heterocycles. The Morgan fingerprint density at radius 3 is 2.45 bits per heavy atom. The molecule has 2 aliphatic rings. The lowest BCUT2D eigenvalue weighted by Gasteiger charge is -2.34. The lowest BCUT2D eigenvalue weighted by atomic mass is 9.84. The topological polar surface area (TPSA) is 34.6 Å². The second-order valence-corrected chi connectivity index (χ2v) is 7.55. The molecule has 1 unspecified atom stereocenters. The predicted molar refractivity (Wildman–Crippen MR) is 90.6 cm³/mol. The van der Waals surface area contributed by atoms with Crippen molar-refractivity contribution in [2.45, 2.75) is 71.1 Å². The number of hydrogen-bond acceptors (Lipinski definition) is 4. The Morgan fingerprint density at radius 1 is 1.14 bits per heavy atom. The smallest absolute Gasteiger partial charge is 0.398 e. The lowest BCUT2D eigenvalue weighted by molar-refractivity contribution is 0.00578. The van der Waals surface area contributed by atoms with Gasteiger partial charge in [0.15, 0.2) is 0 Å². The molecule has 0 N–H and O–H groups in total. The van der Waals surface area contributed by atoms with E-state index >= 15 is 0 Å². The summed E-state index contributed by atoms with van der Waals surface area (Å²) >= 11 is 0. The third-order valence-corrected chi connectivity index (χ3v) is 5.35. The average Bonchev–Trinajstić information content (AvgIpc) is 2.68. The van der Waals surface area contributed by atoms with Gasteiger partial charge in [-0.15, -0.1) is 0 Å². The van der Waals surface area contributed by atoms with E-state index in [0.717, 1.165) is 18.0 Å². The van der Waals surface area contributed by atoms with Crippen molar-refractivity contribution in [2.24, 2.45) is 0 Å². The zero-order valence-electron chi connectivity index (χ0n) is 14.4. The molecule has 1 aromatic heterocycles. The normalized spacial score (nSPS) is 27.2. The second kappa shape index (κ2) is 5.53. The van der Waals surface area contributed by atoms with Gasteiger partial charge < -0.3 is 14.2 Å². The van der Waals surface area contributed by atoms with Crippen molar-refractivity contribution in [1.29, 1.82) is 0 Å². The zero-order valence-corrected chi connectivity index (χ0v) is 14.4. The zero-order chi connectivity index (χ0) is 16.0. The minimum absolute atomic E-state index is 0.326. The van der Waals surface area contributed by atoms with Gasteiger partial charge in [0.25, 0.3) is 0 Å². The van der Waals surface area contributed by atoms with Gasteiger partial charge in [0.05, 0.1) is 16.8 Å². The standard InChI is InChI=1S/C17H27BN2O2/c1-13-9-6-7-12-20(13)15-11-8-10-14(19-15)18-21-16(2,3)17(4,5)22-18/h8,10-11,13H,6-7,9,12H2,1-5H3. The van der Waals surface area contributed by atoms with Crippen molar-refractivity contribution < 1.29 is 9.31 Å². The van der Waals surface area contributed by atoms with Gasteiger partial charge in [0.2, 0.25) is 0 Å². The van der Waals surface area contributed by atoms with E-state index in [1.165, 1.54) is 19.3 Å². The maximum Gasteiger partial charge on any atom is 0.514 e. The summed E-state index contributed by atoms with van der Waals surface area (Å²) in [4.78, 5) is 7.24. The molecule has 0 amide bonds. The van der Waals surface area contributed by atoms with Crippen LogP contribution in [0.2, 0.25) is 0 Å². The van der Waals surface area contributed by atoms with Crippen LogP contribution in [0.4, 0.5) is 5.82 Å². The molecule has 0 aromatic carbocycles. The molecule has 0 aliphatic carbocycles. The lowest BCUT2D eigenvalue weighted by Crippen LogP contribution is -2.41.